The lowest BCUT2D eigenvalue weighted by atomic mass is 10.1. The number of nitrogens with zero attached hydrogens (tertiary/aromatic N) is 3. The minimum atomic E-state index is 0.635. The quantitative estimate of drug-likeness (QED) is 0.710. The second kappa shape index (κ2) is 9.94. The molecule has 26 heavy (non-hydrogen) atoms. The molecule has 1 aliphatic heterocycles. The van der Waals surface area contributed by atoms with Crippen LogP contribution in [0.5, 0.6) is 5.75 Å². The molecular weight excluding hydrogens is 330 g/mol. The van der Waals surface area contributed by atoms with Crippen LogP contribution in [-0.4, -0.2) is 67.9 Å². The topological polar surface area (TPSA) is 71.5 Å². The fourth-order valence-electron chi connectivity index (χ4n) is 2.93. The highest BCUT2D eigenvalue weighted by atomic mass is 16.5. The van der Waals surface area contributed by atoms with Crippen LogP contribution < -0.4 is 15.4 Å². The third-order valence-corrected chi connectivity index (χ3v) is 4.36. The number of ether oxygens (including phenoxy) is 2. The Labute approximate surface area is 154 Å². The Morgan fingerprint density at radius 1 is 1.12 bits per heavy atom. The third-order valence-electron chi connectivity index (χ3n) is 4.36. The van der Waals surface area contributed by atoms with Gasteiger partial charge >= 0.3 is 0 Å². The van der Waals surface area contributed by atoms with E-state index in [-0.39, 0.29) is 0 Å². The molecule has 0 aliphatic carbocycles. The number of para-hydroxylation sites is 1. The molecule has 0 saturated carbocycles. The standard InChI is InChI=1S/C19H27N5O2/c1-25-17-5-3-2-4-16(17)6-8-21-19-22-9-7-18(23-19)20-10-11-24-12-14-26-15-13-24/h2-5,7,9H,6,8,10-15H2,1H3,(H2,20,21,22,23). The van der Waals surface area contributed by atoms with E-state index < -0.39 is 0 Å². The normalized spacial score (nSPS) is 14.8. The van der Waals surface area contributed by atoms with Gasteiger partial charge in [-0.1, -0.05) is 18.2 Å². The molecule has 1 aromatic heterocycles. The smallest absolute Gasteiger partial charge is 0.224 e. The van der Waals surface area contributed by atoms with Crippen molar-refractivity contribution in [3.8, 4) is 5.75 Å². The van der Waals surface area contributed by atoms with E-state index in [4.69, 9.17) is 9.47 Å². The molecule has 0 amide bonds. The number of nitrogens with one attached hydrogen (secondary N) is 2. The van der Waals surface area contributed by atoms with E-state index in [1.165, 1.54) is 5.56 Å². The lowest BCUT2D eigenvalue weighted by Crippen LogP contribution is -2.39. The van der Waals surface area contributed by atoms with Crippen molar-refractivity contribution in [3.63, 3.8) is 0 Å². The van der Waals surface area contributed by atoms with Crippen molar-refractivity contribution in [3.05, 3.63) is 42.1 Å². The molecular formula is C19H27N5O2. The van der Waals surface area contributed by atoms with Gasteiger partial charge in [-0.3, -0.25) is 4.90 Å². The predicted octanol–water partition coefficient (Wildman–Crippen LogP) is 1.88. The Balaban J connectivity index is 1.43. The minimum absolute atomic E-state index is 0.635. The zero-order valence-corrected chi connectivity index (χ0v) is 15.3. The van der Waals surface area contributed by atoms with Crippen molar-refractivity contribution < 1.29 is 9.47 Å². The van der Waals surface area contributed by atoms with Gasteiger partial charge in [0, 0.05) is 38.9 Å². The minimum Gasteiger partial charge on any atom is -0.496 e. The Morgan fingerprint density at radius 2 is 1.96 bits per heavy atom. The molecule has 1 fully saturated rings. The zero-order chi connectivity index (χ0) is 18.0. The average Bonchev–Trinajstić information content (AvgIpc) is 2.69. The lowest BCUT2D eigenvalue weighted by Gasteiger charge is -2.26. The van der Waals surface area contributed by atoms with E-state index in [0.717, 1.165) is 63.9 Å². The molecule has 0 bridgehead atoms. The summed E-state index contributed by atoms with van der Waals surface area (Å²) in [6.45, 7) is 6.25. The van der Waals surface area contributed by atoms with Crippen molar-refractivity contribution in [2.75, 3.05) is 63.7 Å². The van der Waals surface area contributed by atoms with Crippen LogP contribution in [0.2, 0.25) is 0 Å². The van der Waals surface area contributed by atoms with Crippen LogP contribution in [0.1, 0.15) is 5.56 Å². The van der Waals surface area contributed by atoms with E-state index in [1.807, 2.05) is 24.3 Å². The maximum absolute atomic E-state index is 5.38. The first-order valence-corrected chi connectivity index (χ1v) is 9.08. The van der Waals surface area contributed by atoms with Gasteiger partial charge in [0.05, 0.1) is 20.3 Å². The number of hydrogen-bond donors (Lipinski definition) is 2. The van der Waals surface area contributed by atoms with E-state index in [0.29, 0.717) is 5.95 Å². The fraction of sp³-hybridized carbons (Fsp3) is 0.474. The Hall–Kier alpha value is -2.38. The average molecular weight is 357 g/mol. The van der Waals surface area contributed by atoms with E-state index in [2.05, 4.69) is 31.6 Å². The third kappa shape index (κ3) is 5.57. The molecule has 3 rings (SSSR count). The van der Waals surface area contributed by atoms with Gasteiger partial charge in [-0.05, 0) is 24.1 Å². The van der Waals surface area contributed by atoms with Crippen LogP contribution in [0.3, 0.4) is 0 Å². The molecule has 7 nitrogen and oxygen atoms in total. The van der Waals surface area contributed by atoms with Crippen LogP contribution in [0, 0.1) is 0 Å². The van der Waals surface area contributed by atoms with Gasteiger partial charge in [0.15, 0.2) is 0 Å². The Bertz CT molecular complexity index is 676. The van der Waals surface area contributed by atoms with Gasteiger partial charge < -0.3 is 20.1 Å². The van der Waals surface area contributed by atoms with Crippen molar-refractivity contribution in [2.24, 2.45) is 0 Å². The number of anilines is 2. The maximum Gasteiger partial charge on any atom is 0.224 e. The van der Waals surface area contributed by atoms with Gasteiger partial charge in [0.25, 0.3) is 0 Å². The van der Waals surface area contributed by atoms with Crippen molar-refractivity contribution in [1.82, 2.24) is 14.9 Å². The molecule has 0 unspecified atom stereocenters. The molecule has 2 aromatic rings. The summed E-state index contributed by atoms with van der Waals surface area (Å²) < 4.78 is 10.7. The van der Waals surface area contributed by atoms with Gasteiger partial charge in [0.1, 0.15) is 11.6 Å². The maximum atomic E-state index is 5.38. The van der Waals surface area contributed by atoms with Crippen molar-refractivity contribution >= 4 is 11.8 Å². The Kier molecular flexibility index (Phi) is 7.04. The number of morpholine rings is 1. The van der Waals surface area contributed by atoms with Gasteiger partial charge in [-0.15, -0.1) is 0 Å². The van der Waals surface area contributed by atoms with Gasteiger partial charge in [-0.2, -0.15) is 4.98 Å². The molecule has 1 aromatic carbocycles. The van der Waals surface area contributed by atoms with Gasteiger partial charge in [-0.25, -0.2) is 4.98 Å². The summed E-state index contributed by atoms with van der Waals surface area (Å²) in [5.41, 5.74) is 1.17. The number of methoxy groups -OCH3 is 1. The molecule has 0 atom stereocenters. The zero-order valence-electron chi connectivity index (χ0n) is 15.3. The lowest BCUT2D eigenvalue weighted by molar-refractivity contribution is 0.0398. The monoisotopic (exact) mass is 357 g/mol. The van der Waals surface area contributed by atoms with Crippen LogP contribution in [0.4, 0.5) is 11.8 Å². The first-order valence-electron chi connectivity index (χ1n) is 9.08. The van der Waals surface area contributed by atoms with Crippen LogP contribution in [0.15, 0.2) is 36.5 Å². The summed E-state index contributed by atoms with van der Waals surface area (Å²) in [4.78, 5) is 11.2. The number of hydrogen-bond acceptors (Lipinski definition) is 7. The molecule has 2 N–H and O–H groups in total. The molecule has 0 radical (unpaired) electrons. The second-order valence-electron chi connectivity index (χ2n) is 6.13. The Morgan fingerprint density at radius 3 is 2.81 bits per heavy atom. The van der Waals surface area contributed by atoms with Crippen molar-refractivity contribution in [2.45, 2.75) is 6.42 Å². The summed E-state index contributed by atoms with van der Waals surface area (Å²) in [5, 5.41) is 6.65. The highest BCUT2D eigenvalue weighted by molar-refractivity contribution is 5.40. The first kappa shape index (κ1) is 18.4. The summed E-state index contributed by atoms with van der Waals surface area (Å²) in [6.07, 6.45) is 2.62. The van der Waals surface area contributed by atoms with Gasteiger partial charge in [0.2, 0.25) is 5.95 Å². The predicted molar refractivity (Wildman–Crippen MR) is 103 cm³/mol. The molecule has 7 heteroatoms. The number of aromatic nitrogens is 2. The van der Waals surface area contributed by atoms with E-state index in [1.54, 1.807) is 13.3 Å². The first-order chi connectivity index (χ1) is 12.8. The number of benzene rings is 1. The SMILES string of the molecule is COc1ccccc1CCNc1nccc(NCCN2CCOCC2)n1. The summed E-state index contributed by atoms with van der Waals surface area (Å²) in [6, 6.07) is 9.94. The van der Waals surface area contributed by atoms with Crippen LogP contribution in [-0.2, 0) is 11.2 Å². The van der Waals surface area contributed by atoms with Crippen molar-refractivity contribution in [1.29, 1.82) is 0 Å². The molecule has 2 heterocycles. The molecule has 140 valence electrons. The fourth-order valence-corrected chi connectivity index (χ4v) is 2.93. The van der Waals surface area contributed by atoms with Crippen LogP contribution >= 0.6 is 0 Å². The number of rotatable bonds is 9. The van der Waals surface area contributed by atoms with E-state index in [9.17, 15) is 0 Å². The summed E-state index contributed by atoms with van der Waals surface area (Å²) in [5.74, 6) is 2.39. The molecule has 1 aliphatic rings. The molecule has 0 spiro atoms. The summed E-state index contributed by atoms with van der Waals surface area (Å²) in [7, 11) is 1.70. The van der Waals surface area contributed by atoms with E-state index >= 15 is 0 Å². The highest BCUT2D eigenvalue weighted by Gasteiger charge is 2.09. The van der Waals surface area contributed by atoms with Crippen LogP contribution in [0.25, 0.3) is 0 Å². The second-order valence-corrected chi connectivity index (χ2v) is 6.13. The largest absolute Gasteiger partial charge is 0.496 e. The molecule has 1 saturated heterocycles. The summed E-state index contributed by atoms with van der Waals surface area (Å²) >= 11 is 0. The highest BCUT2D eigenvalue weighted by Crippen LogP contribution is 2.17.